The molecule has 0 aromatic heterocycles. The van der Waals surface area contributed by atoms with Gasteiger partial charge in [0.1, 0.15) is 5.82 Å². The quantitative estimate of drug-likeness (QED) is 0.836. The molecule has 0 saturated heterocycles. The van der Waals surface area contributed by atoms with Crippen LogP contribution < -0.4 is 5.32 Å². The van der Waals surface area contributed by atoms with Crippen LogP contribution in [0.3, 0.4) is 0 Å². The summed E-state index contributed by atoms with van der Waals surface area (Å²) >= 11 is 5.93. The molecule has 1 atom stereocenters. The predicted octanol–water partition coefficient (Wildman–Crippen LogP) is 2.76. The van der Waals surface area contributed by atoms with Crippen molar-refractivity contribution in [1.82, 2.24) is 5.32 Å². The Morgan fingerprint density at radius 2 is 2.12 bits per heavy atom. The maximum absolute atomic E-state index is 12.9. The van der Waals surface area contributed by atoms with Gasteiger partial charge in [0, 0.05) is 5.02 Å². The summed E-state index contributed by atoms with van der Waals surface area (Å²) in [6.45, 7) is 4.87. The van der Waals surface area contributed by atoms with Gasteiger partial charge in [0.2, 0.25) is 0 Å². The second kappa shape index (κ2) is 6.18. The van der Waals surface area contributed by atoms with E-state index >= 15 is 0 Å². The molecule has 1 unspecified atom stereocenters. The van der Waals surface area contributed by atoms with Crippen LogP contribution in [0.2, 0.25) is 5.02 Å². The number of hydrogen-bond acceptors (Lipinski definition) is 2. The van der Waals surface area contributed by atoms with Gasteiger partial charge in [0.15, 0.2) is 0 Å². The summed E-state index contributed by atoms with van der Waals surface area (Å²) in [5.74, 6) is 0.113. The van der Waals surface area contributed by atoms with Crippen LogP contribution in [-0.4, -0.2) is 18.3 Å². The first-order valence-electron chi connectivity index (χ1n) is 5.33. The van der Waals surface area contributed by atoms with Gasteiger partial charge < -0.3 is 10.4 Å². The first-order valence-corrected chi connectivity index (χ1v) is 5.71. The molecule has 4 heteroatoms. The zero-order chi connectivity index (χ0) is 12.1. The van der Waals surface area contributed by atoms with Crippen molar-refractivity contribution in [3.63, 3.8) is 0 Å². The lowest BCUT2D eigenvalue weighted by atomic mass is 10.1. The zero-order valence-corrected chi connectivity index (χ0v) is 10.3. The fourth-order valence-electron chi connectivity index (χ4n) is 1.43. The van der Waals surface area contributed by atoms with E-state index in [2.05, 4.69) is 19.2 Å². The molecule has 0 fully saturated rings. The Morgan fingerprint density at radius 1 is 1.44 bits per heavy atom. The average molecular weight is 246 g/mol. The lowest BCUT2D eigenvalue weighted by molar-refractivity contribution is 0.241. The minimum absolute atomic E-state index is 0.0575. The van der Waals surface area contributed by atoms with E-state index < -0.39 is 0 Å². The van der Waals surface area contributed by atoms with Crippen molar-refractivity contribution in [2.75, 3.05) is 13.2 Å². The van der Waals surface area contributed by atoms with Crippen LogP contribution in [0.4, 0.5) is 4.39 Å². The van der Waals surface area contributed by atoms with Crippen LogP contribution in [0.25, 0.3) is 0 Å². The van der Waals surface area contributed by atoms with E-state index in [-0.39, 0.29) is 18.5 Å². The molecule has 90 valence electrons. The van der Waals surface area contributed by atoms with E-state index in [0.717, 1.165) is 12.1 Å². The molecular weight excluding hydrogens is 229 g/mol. The van der Waals surface area contributed by atoms with Gasteiger partial charge in [-0.25, -0.2) is 4.39 Å². The number of benzene rings is 1. The van der Waals surface area contributed by atoms with E-state index in [1.54, 1.807) is 6.07 Å². The van der Waals surface area contributed by atoms with Crippen molar-refractivity contribution in [3.05, 3.63) is 34.6 Å². The van der Waals surface area contributed by atoms with E-state index in [4.69, 9.17) is 11.6 Å². The van der Waals surface area contributed by atoms with E-state index in [1.165, 1.54) is 12.1 Å². The minimum atomic E-state index is -0.366. The first kappa shape index (κ1) is 13.4. The first-order chi connectivity index (χ1) is 7.54. The molecule has 16 heavy (non-hydrogen) atoms. The summed E-state index contributed by atoms with van der Waals surface area (Å²) in [7, 11) is 0. The largest absolute Gasteiger partial charge is 0.394 e. The zero-order valence-electron chi connectivity index (χ0n) is 9.50. The van der Waals surface area contributed by atoms with E-state index in [0.29, 0.717) is 10.9 Å². The second-order valence-electron chi connectivity index (χ2n) is 4.20. The standard InChI is InChI=1S/C12H17ClFNO/c1-8(2)6-15-12(7-16)10-4-3-9(14)5-11(10)13/h3-5,8,12,15-16H,6-7H2,1-2H3. The monoisotopic (exact) mass is 245 g/mol. The summed E-state index contributed by atoms with van der Waals surface area (Å²) in [5, 5.41) is 12.8. The highest BCUT2D eigenvalue weighted by atomic mass is 35.5. The number of aliphatic hydroxyl groups is 1. The van der Waals surface area contributed by atoms with E-state index in [1.807, 2.05) is 0 Å². The number of halogens is 2. The molecule has 0 heterocycles. The van der Waals surface area contributed by atoms with Crippen molar-refractivity contribution in [2.24, 2.45) is 5.92 Å². The molecule has 0 amide bonds. The highest BCUT2D eigenvalue weighted by molar-refractivity contribution is 6.31. The maximum atomic E-state index is 12.9. The fraction of sp³-hybridized carbons (Fsp3) is 0.500. The molecule has 0 aliphatic carbocycles. The van der Waals surface area contributed by atoms with Crippen molar-refractivity contribution in [2.45, 2.75) is 19.9 Å². The Labute approximate surface area is 100 Å². The fourth-order valence-corrected chi connectivity index (χ4v) is 1.73. The van der Waals surface area contributed by atoms with Crippen molar-refractivity contribution >= 4 is 11.6 Å². The lowest BCUT2D eigenvalue weighted by Crippen LogP contribution is -2.28. The van der Waals surface area contributed by atoms with Crippen molar-refractivity contribution in [1.29, 1.82) is 0 Å². The van der Waals surface area contributed by atoms with Gasteiger partial charge >= 0.3 is 0 Å². The van der Waals surface area contributed by atoms with Crippen molar-refractivity contribution in [3.8, 4) is 0 Å². The maximum Gasteiger partial charge on any atom is 0.124 e. The van der Waals surface area contributed by atoms with E-state index in [9.17, 15) is 9.50 Å². The SMILES string of the molecule is CC(C)CNC(CO)c1ccc(F)cc1Cl. The Bertz CT molecular complexity index is 344. The number of hydrogen-bond donors (Lipinski definition) is 2. The number of nitrogens with one attached hydrogen (secondary N) is 1. The third kappa shape index (κ3) is 3.74. The Hall–Kier alpha value is -0.640. The van der Waals surface area contributed by atoms with Gasteiger partial charge in [-0.05, 0) is 30.2 Å². The molecular formula is C12H17ClFNO. The Kier molecular flexibility index (Phi) is 5.19. The van der Waals surface area contributed by atoms with Crippen LogP contribution in [0.1, 0.15) is 25.5 Å². The third-order valence-corrected chi connectivity index (χ3v) is 2.62. The van der Waals surface area contributed by atoms with Gasteiger partial charge in [-0.1, -0.05) is 31.5 Å². The van der Waals surface area contributed by atoms with Crippen LogP contribution >= 0.6 is 11.6 Å². The summed E-state index contributed by atoms with van der Waals surface area (Å²) < 4.78 is 12.9. The lowest BCUT2D eigenvalue weighted by Gasteiger charge is -2.19. The predicted molar refractivity (Wildman–Crippen MR) is 64.1 cm³/mol. The molecule has 0 aliphatic rings. The summed E-state index contributed by atoms with van der Waals surface area (Å²) in [6.07, 6.45) is 0. The smallest absolute Gasteiger partial charge is 0.124 e. The van der Waals surface area contributed by atoms with Crippen LogP contribution in [0, 0.1) is 11.7 Å². The highest BCUT2D eigenvalue weighted by Crippen LogP contribution is 2.23. The molecule has 2 N–H and O–H groups in total. The highest BCUT2D eigenvalue weighted by Gasteiger charge is 2.14. The summed E-state index contributed by atoms with van der Waals surface area (Å²) in [5.41, 5.74) is 0.728. The third-order valence-electron chi connectivity index (χ3n) is 2.29. The second-order valence-corrected chi connectivity index (χ2v) is 4.61. The molecule has 2 nitrogen and oxygen atoms in total. The molecule has 1 aromatic carbocycles. The van der Waals surface area contributed by atoms with Gasteiger partial charge in [0.05, 0.1) is 12.6 Å². The van der Waals surface area contributed by atoms with Gasteiger partial charge in [-0.15, -0.1) is 0 Å². The molecule has 0 saturated carbocycles. The molecule has 0 radical (unpaired) electrons. The molecule has 0 bridgehead atoms. The molecule has 0 spiro atoms. The average Bonchev–Trinajstić information content (AvgIpc) is 2.21. The number of aliphatic hydroxyl groups excluding tert-OH is 1. The van der Waals surface area contributed by atoms with Gasteiger partial charge in [0.25, 0.3) is 0 Å². The Balaban J connectivity index is 2.78. The normalized spacial score (nSPS) is 13.1. The summed E-state index contributed by atoms with van der Waals surface area (Å²) in [4.78, 5) is 0. The Morgan fingerprint density at radius 3 is 2.62 bits per heavy atom. The van der Waals surface area contributed by atoms with Crippen LogP contribution in [-0.2, 0) is 0 Å². The minimum Gasteiger partial charge on any atom is -0.394 e. The van der Waals surface area contributed by atoms with Gasteiger partial charge in [-0.3, -0.25) is 0 Å². The van der Waals surface area contributed by atoms with Crippen LogP contribution in [0.15, 0.2) is 18.2 Å². The summed E-state index contributed by atoms with van der Waals surface area (Å²) in [6, 6.07) is 3.97. The number of rotatable bonds is 5. The molecule has 1 rings (SSSR count). The molecule has 0 aliphatic heterocycles. The topological polar surface area (TPSA) is 32.3 Å². The van der Waals surface area contributed by atoms with Gasteiger partial charge in [-0.2, -0.15) is 0 Å². The molecule has 1 aromatic rings. The van der Waals surface area contributed by atoms with Crippen LogP contribution in [0.5, 0.6) is 0 Å². The van der Waals surface area contributed by atoms with Crippen molar-refractivity contribution < 1.29 is 9.50 Å².